The van der Waals surface area contributed by atoms with Crippen LogP contribution in [0.5, 0.6) is 0 Å². The van der Waals surface area contributed by atoms with Crippen LogP contribution in [0.3, 0.4) is 0 Å². The van der Waals surface area contributed by atoms with Crippen LogP contribution in [0.4, 0.5) is 5.69 Å². The van der Waals surface area contributed by atoms with Gasteiger partial charge < -0.3 is 10.2 Å². The van der Waals surface area contributed by atoms with E-state index in [0.717, 1.165) is 35.7 Å². The molecule has 0 spiro atoms. The highest BCUT2D eigenvalue weighted by Crippen LogP contribution is 2.22. The van der Waals surface area contributed by atoms with E-state index in [1.165, 1.54) is 6.20 Å². The second-order valence-corrected chi connectivity index (χ2v) is 8.07. The van der Waals surface area contributed by atoms with E-state index in [0.29, 0.717) is 23.4 Å². The van der Waals surface area contributed by atoms with Crippen molar-refractivity contribution in [3.05, 3.63) is 71.9 Å². The molecule has 4 rings (SSSR count). The summed E-state index contributed by atoms with van der Waals surface area (Å²) in [5, 5.41) is 9.82. The molecular weight excluding hydrogens is 384 g/mol. The topological polar surface area (TPSA) is 78.1 Å². The van der Waals surface area contributed by atoms with Crippen molar-refractivity contribution in [2.24, 2.45) is 0 Å². The number of hydrogen-bond acceptors (Lipinski definition) is 4. The van der Waals surface area contributed by atoms with Crippen molar-refractivity contribution in [3.8, 4) is 11.3 Å². The molecule has 0 saturated carbocycles. The first kappa shape index (κ1) is 19.3. The number of carbonyl (C=O) groups excluding carboxylic acids is 2. The van der Waals surface area contributed by atoms with Crippen molar-refractivity contribution in [2.75, 3.05) is 29.9 Å². The fourth-order valence-electron chi connectivity index (χ4n) is 3.29. The van der Waals surface area contributed by atoms with Crippen LogP contribution in [0, 0.1) is 0 Å². The quantitative estimate of drug-likeness (QED) is 0.680. The zero-order valence-corrected chi connectivity index (χ0v) is 16.7. The van der Waals surface area contributed by atoms with Crippen molar-refractivity contribution in [1.82, 2.24) is 15.1 Å². The number of carbonyl (C=O) groups is 2. The zero-order valence-electron chi connectivity index (χ0n) is 15.9. The number of nitrogens with zero attached hydrogens (tertiary/aromatic N) is 2. The smallest absolute Gasteiger partial charge is 0.259 e. The summed E-state index contributed by atoms with van der Waals surface area (Å²) in [5.41, 5.74) is 3.70. The molecule has 0 unspecified atom stereocenters. The summed E-state index contributed by atoms with van der Waals surface area (Å²) >= 11 is 1.89. The second-order valence-electron chi connectivity index (χ2n) is 6.85. The van der Waals surface area contributed by atoms with Crippen LogP contribution < -0.4 is 5.32 Å². The van der Waals surface area contributed by atoms with E-state index in [2.05, 4.69) is 15.5 Å². The summed E-state index contributed by atoms with van der Waals surface area (Å²) in [4.78, 5) is 27.0. The van der Waals surface area contributed by atoms with Gasteiger partial charge in [-0.1, -0.05) is 42.5 Å². The first-order valence-corrected chi connectivity index (χ1v) is 10.7. The number of amides is 2. The van der Waals surface area contributed by atoms with Crippen molar-refractivity contribution in [2.45, 2.75) is 6.42 Å². The van der Waals surface area contributed by atoms with Crippen LogP contribution in [0.15, 0.2) is 60.8 Å². The molecule has 0 radical (unpaired) electrons. The minimum absolute atomic E-state index is 0.160. The number of benzene rings is 2. The molecular formula is C22H22N4O2S. The summed E-state index contributed by atoms with van der Waals surface area (Å²) in [7, 11) is 0. The van der Waals surface area contributed by atoms with Crippen LogP contribution in [0.2, 0.25) is 0 Å². The molecule has 2 amide bonds. The number of rotatable bonds is 5. The largest absolute Gasteiger partial charge is 0.341 e. The number of hydrogen-bond donors (Lipinski definition) is 2. The number of thioether (sulfide) groups is 1. The highest BCUT2D eigenvalue weighted by atomic mass is 32.2. The van der Waals surface area contributed by atoms with E-state index >= 15 is 0 Å². The Hall–Kier alpha value is -3.06. The Bertz CT molecular complexity index is 980. The first-order chi connectivity index (χ1) is 14.2. The maximum Gasteiger partial charge on any atom is 0.259 e. The van der Waals surface area contributed by atoms with E-state index in [9.17, 15) is 9.59 Å². The highest BCUT2D eigenvalue weighted by molar-refractivity contribution is 7.99. The molecule has 29 heavy (non-hydrogen) atoms. The average molecular weight is 407 g/mol. The fourth-order valence-corrected chi connectivity index (χ4v) is 4.19. The van der Waals surface area contributed by atoms with Gasteiger partial charge >= 0.3 is 0 Å². The van der Waals surface area contributed by atoms with Gasteiger partial charge in [-0.3, -0.25) is 14.7 Å². The van der Waals surface area contributed by atoms with Crippen LogP contribution in [0.25, 0.3) is 11.3 Å². The van der Waals surface area contributed by atoms with Gasteiger partial charge in [-0.15, -0.1) is 0 Å². The molecule has 1 fully saturated rings. The fraction of sp³-hybridized carbons (Fsp3) is 0.227. The van der Waals surface area contributed by atoms with Gasteiger partial charge in [0, 0.05) is 35.8 Å². The molecule has 6 nitrogen and oxygen atoms in total. The lowest BCUT2D eigenvalue weighted by atomic mass is 10.1. The average Bonchev–Trinajstić information content (AvgIpc) is 3.26. The molecule has 1 aliphatic rings. The van der Waals surface area contributed by atoms with Gasteiger partial charge in [-0.25, -0.2) is 0 Å². The molecule has 0 aliphatic carbocycles. The van der Waals surface area contributed by atoms with Crippen LogP contribution >= 0.6 is 11.8 Å². The minimum atomic E-state index is -0.229. The Morgan fingerprint density at radius 3 is 2.48 bits per heavy atom. The SMILES string of the molecule is O=C(Nc1ccc(CC(=O)N2CCSCC2)cc1)c1cn[nH]c1-c1ccccc1. The third-order valence-electron chi connectivity index (χ3n) is 4.88. The molecule has 0 bridgehead atoms. The number of aromatic nitrogens is 2. The van der Waals surface area contributed by atoms with Gasteiger partial charge in [0.15, 0.2) is 0 Å². The predicted octanol–water partition coefficient (Wildman–Crippen LogP) is 3.45. The lowest BCUT2D eigenvalue weighted by molar-refractivity contribution is -0.130. The van der Waals surface area contributed by atoms with E-state index in [1.807, 2.05) is 71.3 Å². The van der Waals surface area contributed by atoms with Crippen molar-refractivity contribution >= 4 is 29.3 Å². The second kappa shape index (κ2) is 8.96. The summed E-state index contributed by atoms with van der Waals surface area (Å²) < 4.78 is 0. The number of nitrogens with one attached hydrogen (secondary N) is 2. The van der Waals surface area contributed by atoms with Gasteiger partial charge in [0.25, 0.3) is 5.91 Å². The van der Waals surface area contributed by atoms with Crippen molar-refractivity contribution in [3.63, 3.8) is 0 Å². The van der Waals surface area contributed by atoms with E-state index in [-0.39, 0.29) is 11.8 Å². The molecule has 2 aromatic carbocycles. The van der Waals surface area contributed by atoms with E-state index < -0.39 is 0 Å². The summed E-state index contributed by atoms with van der Waals surface area (Å²) in [5.74, 6) is 1.95. The zero-order chi connectivity index (χ0) is 20.1. The van der Waals surface area contributed by atoms with Crippen LogP contribution in [0.1, 0.15) is 15.9 Å². The normalized spacial score (nSPS) is 13.9. The van der Waals surface area contributed by atoms with Gasteiger partial charge in [0.05, 0.1) is 23.9 Å². The molecule has 2 N–H and O–H groups in total. The molecule has 1 aliphatic heterocycles. The highest BCUT2D eigenvalue weighted by Gasteiger charge is 2.18. The number of H-pyrrole nitrogens is 1. The van der Waals surface area contributed by atoms with Crippen molar-refractivity contribution < 1.29 is 9.59 Å². The molecule has 7 heteroatoms. The maximum atomic E-state index is 12.7. The monoisotopic (exact) mass is 406 g/mol. The van der Waals surface area contributed by atoms with Crippen molar-refractivity contribution in [1.29, 1.82) is 0 Å². The van der Waals surface area contributed by atoms with Gasteiger partial charge in [0.2, 0.25) is 5.91 Å². The molecule has 2 heterocycles. The Balaban J connectivity index is 1.40. The molecule has 3 aromatic rings. The standard InChI is InChI=1S/C22H22N4O2S/c27-20(26-10-12-29-13-11-26)14-16-6-8-18(9-7-16)24-22(28)19-15-23-25-21(19)17-4-2-1-3-5-17/h1-9,15H,10-14H2,(H,23,25)(H,24,28). The first-order valence-electron chi connectivity index (χ1n) is 9.55. The number of aromatic amines is 1. The number of anilines is 1. The maximum absolute atomic E-state index is 12.7. The Morgan fingerprint density at radius 1 is 1.03 bits per heavy atom. The third kappa shape index (κ3) is 4.68. The lowest BCUT2D eigenvalue weighted by Gasteiger charge is -2.26. The van der Waals surface area contributed by atoms with Crippen LogP contribution in [-0.2, 0) is 11.2 Å². The van der Waals surface area contributed by atoms with Gasteiger partial charge in [-0.2, -0.15) is 16.9 Å². The third-order valence-corrected chi connectivity index (χ3v) is 5.82. The van der Waals surface area contributed by atoms with E-state index in [1.54, 1.807) is 0 Å². The van der Waals surface area contributed by atoms with Gasteiger partial charge in [-0.05, 0) is 17.7 Å². The molecule has 0 atom stereocenters. The van der Waals surface area contributed by atoms with E-state index in [4.69, 9.17) is 0 Å². The predicted molar refractivity (Wildman–Crippen MR) is 116 cm³/mol. The Morgan fingerprint density at radius 2 is 1.76 bits per heavy atom. The van der Waals surface area contributed by atoms with Gasteiger partial charge in [0.1, 0.15) is 0 Å². The lowest BCUT2D eigenvalue weighted by Crippen LogP contribution is -2.38. The molecule has 1 saturated heterocycles. The summed E-state index contributed by atoms with van der Waals surface area (Å²) in [6.07, 6.45) is 1.92. The summed E-state index contributed by atoms with van der Waals surface area (Å²) in [6, 6.07) is 17.1. The minimum Gasteiger partial charge on any atom is -0.341 e. The Labute approximate surface area is 173 Å². The summed E-state index contributed by atoms with van der Waals surface area (Å²) in [6.45, 7) is 1.65. The van der Waals surface area contributed by atoms with Crippen LogP contribution in [-0.4, -0.2) is 51.5 Å². The Kier molecular flexibility index (Phi) is 5.95. The molecule has 1 aromatic heterocycles. The molecule has 148 valence electrons.